The van der Waals surface area contributed by atoms with Crippen molar-refractivity contribution in [1.29, 1.82) is 0 Å². The van der Waals surface area contributed by atoms with E-state index >= 15 is 0 Å². The SMILES string of the molecule is CCC[Si](CCC)(CCC)OC(=O)N=NC(=O)O[Si](c1ccccc1)(c1ccccc1)c1ccccc1. The summed E-state index contributed by atoms with van der Waals surface area (Å²) in [5, 5.41) is 10.0. The number of benzene rings is 3. The molecule has 0 radical (unpaired) electrons. The van der Waals surface area contributed by atoms with E-state index in [1.54, 1.807) is 0 Å². The largest absolute Gasteiger partial charge is 0.501 e. The lowest BCUT2D eigenvalue weighted by atomic mass is 10.3. The van der Waals surface area contributed by atoms with Gasteiger partial charge in [0, 0.05) is 0 Å². The summed E-state index contributed by atoms with van der Waals surface area (Å²) in [4.78, 5) is 25.9. The lowest BCUT2D eigenvalue weighted by Crippen LogP contribution is -2.69. The zero-order chi connectivity index (χ0) is 26.6. The van der Waals surface area contributed by atoms with Crippen LogP contribution < -0.4 is 15.6 Å². The van der Waals surface area contributed by atoms with Gasteiger partial charge in [0.25, 0.3) is 8.32 Å². The fourth-order valence-electron chi connectivity index (χ4n) is 5.03. The van der Waals surface area contributed by atoms with Gasteiger partial charge in [0.1, 0.15) is 0 Å². The van der Waals surface area contributed by atoms with Crippen molar-refractivity contribution in [3.63, 3.8) is 0 Å². The Balaban J connectivity index is 1.95. The van der Waals surface area contributed by atoms with Crippen molar-refractivity contribution in [1.82, 2.24) is 0 Å². The second-order valence-corrected chi connectivity index (χ2v) is 16.5. The number of carbonyl (C=O) groups excluding carboxylic acids is 2. The average Bonchev–Trinajstić information content (AvgIpc) is 2.92. The minimum atomic E-state index is -3.29. The van der Waals surface area contributed by atoms with E-state index in [-0.39, 0.29) is 0 Å². The lowest BCUT2D eigenvalue weighted by molar-refractivity contribution is 0.198. The summed E-state index contributed by atoms with van der Waals surface area (Å²) in [6, 6.07) is 31.8. The molecule has 0 bridgehead atoms. The topological polar surface area (TPSA) is 77.3 Å². The minimum absolute atomic E-state index is 0.801. The van der Waals surface area contributed by atoms with Gasteiger partial charge in [-0.3, -0.25) is 0 Å². The monoisotopic (exact) mass is 532 g/mol. The highest BCUT2D eigenvalue weighted by atomic mass is 28.4. The first kappa shape index (κ1) is 28.2. The van der Waals surface area contributed by atoms with E-state index in [0.29, 0.717) is 0 Å². The highest BCUT2D eigenvalue weighted by Crippen LogP contribution is 2.28. The van der Waals surface area contributed by atoms with Gasteiger partial charge >= 0.3 is 20.5 Å². The van der Waals surface area contributed by atoms with E-state index in [4.69, 9.17) is 8.85 Å². The first-order chi connectivity index (χ1) is 18.0. The summed E-state index contributed by atoms with van der Waals surface area (Å²) in [6.45, 7) is 6.29. The van der Waals surface area contributed by atoms with Crippen molar-refractivity contribution >= 4 is 44.4 Å². The molecule has 3 aromatic rings. The third-order valence-corrected chi connectivity index (χ3v) is 15.2. The zero-order valence-electron chi connectivity index (χ0n) is 21.9. The molecule has 37 heavy (non-hydrogen) atoms. The van der Waals surface area contributed by atoms with Gasteiger partial charge in [-0.15, -0.1) is 0 Å². The fraction of sp³-hybridized carbons (Fsp3) is 0.310. The number of azo groups is 1. The molecule has 194 valence electrons. The highest BCUT2D eigenvalue weighted by Gasteiger charge is 2.45. The Morgan fingerprint density at radius 1 is 0.568 bits per heavy atom. The Hall–Kier alpha value is -3.37. The van der Waals surface area contributed by atoms with E-state index in [1.807, 2.05) is 91.0 Å². The Bertz CT molecular complexity index is 1040. The van der Waals surface area contributed by atoms with Crippen LogP contribution in [0.3, 0.4) is 0 Å². The zero-order valence-corrected chi connectivity index (χ0v) is 23.9. The predicted octanol–water partition coefficient (Wildman–Crippen LogP) is 6.55. The summed E-state index contributed by atoms with van der Waals surface area (Å²) in [7, 11) is -5.57. The number of hydrogen-bond acceptors (Lipinski definition) is 4. The minimum Gasteiger partial charge on any atom is -0.501 e. The summed E-state index contributed by atoms with van der Waals surface area (Å²) in [5.74, 6) is 0. The first-order valence-electron chi connectivity index (χ1n) is 13.0. The van der Waals surface area contributed by atoms with E-state index in [1.165, 1.54) is 0 Å². The van der Waals surface area contributed by atoms with Gasteiger partial charge in [-0.2, -0.15) is 0 Å². The molecule has 0 saturated carbocycles. The van der Waals surface area contributed by atoms with Crippen molar-refractivity contribution in [3.8, 4) is 0 Å². The van der Waals surface area contributed by atoms with Crippen LogP contribution in [0.5, 0.6) is 0 Å². The third kappa shape index (κ3) is 7.11. The second-order valence-electron chi connectivity index (χ2n) is 9.15. The summed E-state index contributed by atoms with van der Waals surface area (Å²) in [5.41, 5.74) is 0. The molecule has 0 saturated heterocycles. The molecule has 0 N–H and O–H groups in total. The van der Waals surface area contributed by atoms with Crippen LogP contribution in [0.1, 0.15) is 40.0 Å². The average molecular weight is 533 g/mol. The van der Waals surface area contributed by atoms with Crippen LogP contribution >= 0.6 is 0 Å². The van der Waals surface area contributed by atoms with Gasteiger partial charge in [0.15, 0.2) is 0 Å². The molecule has 3 rings (SSSR count). The predicted molar refractivity (Wildman–Crippen MR) is 153 cm³/mol. The number of amides is 2. The van der Waals surface area contributed by atoms with Crippen LogP contribution in [0.15, 0.2) is 101 Å². The Kier molecular flexibility index (Phi) is 10.5. The number of nitrogens with zero attached hydrogens (tertiary/aromatic N) is 2. The van der Waals surface area contributed by atoms with Crippen molar-refractivity contribution in [2.45, 2.75) is 58.2 Å². The maximum absolute atomic E-state index is 13.2. The van der Waals surface area contributed by atoms with Gasteiger partial charge < -0.3 is 8.85 Å². The van der Waals surface area contributed by atoms with Gasteiger partial charge in [-0.25, -0.2) is 9.59 Å². The van der Waals surface area contributed by atoms with E-state index in [0.717, 1.165) is 53.0 Å². The van der Waals surface area contributed by atoms with Crippen molar-refractivity contribution in [3.05, 3.63) is 91.0 Å². The molecule has 0 fully saturated rings. The van der Waals surface area contributed by atoms with Crippen LogP contribution in [-0.4, -0.2) is 28.8 Å². The Morgan fingerprint density at radius 3 is 1.22 bits per heavy atom. The summed E-state index contributed by atoms with van der Waals surface area (Å²) >= 11 is 0. The lowest BCUT2D eigenvalue weighted by Gasteiger charge is -2.31. The number of carbonyl (C=O) groups is 2. The molecule has 0 aliphatic rings. The number of hydrogen-bond donors (Lipinski definition) is 0. The van der Waals surface area contributed by atoms with Crippen LogP contribution in [0, 0.1) is 0 Å². The van der Waals surface area contributed by atoms with Crippen molar-refractivity contribution in [2.75, 3.05) is 0 Å². The molecule has 0 heterocycles. The smallest absolute Gasteiger partial charge is 0.439 e. The van der Waals surface area contributed by atoms with Gasteiger partial charge in [-0.1, -0.05) is 141 Å². The fourth-order valence-corrected chi connectivity index (χ4v) is 12.9. The molecule has 3 aromatic carbocycles. The van der Waals surface area contributed by atoms with E-state index in [9.17, 15) is 9.59 Å². The van der Waals surface area contributed by atoms with Crippen molar-refractivity contribution < 1.29 is 18.4 Å². The van der Waals surface area contributed by atoms with Crippen molar-refractivity contribution in [2.24, 2.45) is 10.2 Å². The molecular weight excluding hydrogens is 497 g/mol. The Morgan fingerprint density at radius 2 is 0.892 bits per heavy atom. The molecule has 0 aliphatic heterocycles. The van der Waals surface area contributed by atoms with Gasteiger partial charge in [0.05, 0.1) is 0 Å². The van der Waals surface area contributed by atoms with Crippen LogP contribution in [-0.2, 0) is 8.85 Å². The highest BCUT2D eigenvalue weighted by molar-refractivity contribution is 7.07. The Labute approximate surface area is 222 Å². The maximum atomic E-state index is 13.2. The molecule has 2 amide bonds. The molecule has 0 spiro atoms. The van der Waals surface area contributed by atoms with Crippen LogP contribution in [0.2, 0.25) is 18.1 Å². The van der Waals surface area contributed by atoms with Crippen LogP contribution in [0.4, 0.5) is 9.59 Å². The number of rotatable bonds is 11. The molecule has 0 unspecified atom stereocenters. The van der Waals surface area contributed by atoms with Gasteiger partial charge in [-0.05, 0) is 33.7 Å². The molecule has 0 aromatic heterocycles. The first-order valence-corrected chi connectivity index (χ1v) is 17.5. The van der Waals surface area contributed by atoms with Gasteiger partial charge in [0.2, 0.25) is 0 Å². The molecule has 8 heteroatoms. The summed E-state index contributed by atoms with van der Waals surface area (Å²) < 4.78 is 12.2. The second kappa shape index (κ2) is 13.8. The molecule has 6 nitrogen and oxygen atoms in total. The molecule has 0 atom stereocenters. The molecular formula is C29H36N2O4Si2. The standard InChI is InChI=1S/C29H36N2O4Si2/c1-4-22-36(23-5-2,24-6-3)34-28(32)30-31-29(33)35-37(25-16-10-7-11-17-25,26-18-12-8-13-19-26)27-20-14-9-15-21-27/h7-21H,4-6,22-24H2,1-3H3. The van der Waals surface area contributed by atoms with E-state index in [2.05, 4.69) is 31.0 Å². The summed E-state index contributed by atoms with van der Waals surface area (Å²) in [6.07, 6.45) is 1.12. The quantitative estimate of drug-likeness (QED) is 0.159. The normalized spacial score (nSPS) is 11.9. The van der Waals surface area contributed by atoms with E-state index < -0.39 is 28.8 Å². The molecule has 0 aliphatic carbocycles. The van der Waals surface area contributed by atoms with Crippen LogP contribution in [0.25, 0.3) is 0 Å². The maximum Gasteiger partial charge on any atom is 0.439 e. The third-order valence-electron chi connectivity index (χ3n) is 6.42.